The van der Waals surface area contributed by atoms with Crippen LogP contribution in [0.5, 0.6) is 0 Å². The van der Waals surface area contributed by atoms with Gasteiger partial charge in [0.2, 0.25) is 0 Å². The highest BCUT2D eigenvalue weighted by Crippen LogP contribution is 2.21. The Kier molecular flexibility index (Phi) is 3.18. The molecule has 1 aliphatic carbocycles. The Balaban J connectivity index is 2.20. The maximum Gasteiger partial charge on any atom is -0.0241 e. The van der Waals surface area contributed by atoms with E-state index in [4.69, 9.17) is 0 Å². The van der Waals surface area contributed by atoms with E-state index in [1.165, 1.54) is 29.6 Å². The van der Waals surface area contributed by atoms with Crippen molar-refractivity contribution in [3.05, 3.63) is 65.3 Å². The lowest BCUT2D eigenvalue weighted by Crippen LogP contribution is -1.89. The molecule has 0 heterocycles. The highest BCUT2D eigenvalue weighted by atomic mass is 14.1. The molecule has 0 saturated heterocycles. The van der Waals surface area contributed by atoms with Gasteiger partial charge in [0.25, 0.3) is 0 Å². The second-order valence-electron chi connectivity index (χ2n) is 3.90. The Hall–Kier alpha value is -1.56. The highest BCUT2D eigenvalue weighted by Gasteiger charge is 2.01. The normalized spacial score (nSPS) is 16.3. The monoisotopic (exact) mass is 196 g/mol. The molecule has 1 aliphatic rings. The molecule has 0 aromatic heterocycles. The zero-order valence-electron chi connectivity index (χ0n) is 9.11. The first-order valence-corrected chi connectivity index (χ1v) is 5.46. The minimum absolute atomic E-state index is 1.17. The third-order valence-electron chi connectivity index (χ3n) is 2.70. The van der Waals surface area contributed by atoms with E-state index in [9.17, 15) is 0 Å². The summed E-state index contributed by atoms with van der Waals surface area (Å²) in [6.07, 6.45) is 11.2. The van der Waals surface area contributed by atoms with Crippen molar-refractivity contribution in [1.82, 2.24) is 0 Å². The minimum atomic E-state index is 1.17. The zero-order chi connectivity index (χ0) is 10.5. The van der Waals surface area contributed by atoms with E-state index in [0.29, 0.717) is 0 Å². The summed E-state index contributed by atoms with van der Waals surface area (Å²) in [5.74, 6) is 0. The lowest BCUT2D eigenvalue weighted by Gasteiger charge is -2.09. The Morgan fingerprint density at radius 1 is 1.20 bits per heavy atom. The average molecular weight is 196 g/mol. The molecule has 0 spiro atoms. The molecule has 0 unspecified atom stereocenters. The zero-order valence-corrected chi connectivity index (χ0v) is 9.11. The van der Waals surface area contributed by atoms with Gasteiger partial charge in [-0.2, -0.15) is 0 Å². The van der Waals surface area contributed by atoms with Crippen molar-refractivity contribution in [2.45, 2.75) is 19.8 Å². The molecule has 0 aliphatic heterocycles. The molecular weight excluding hydrogens is 180 g/mol. The molecule has 0 heteroatoms. The molecule has 15 heavy (non-hydrogen) atoms. The van der Waals surface area contributed by atoms with Gasteiger partial charge >= 0.3 is 0 Å². The number of benzene rings is 1. The van der Waals surface area contributed by atoms with Gasteiger partial charge in [-0.3, -0.25) is 0 Å². The van der Waals surface area contributed by atoms with Crippen LogP contribution in [0.3, 0.4) is 0 Å². The molecule has 1 aromatic rings. The molecule has 0 nitrogen and oxygen atoms in total. The van der Waals surface area contributed by atoms with Gasteiger partial charge in [-0.1, -0.05) is 54.6 Å². The topological polar surface area (TPSA) is 0 Å². The van der Waals surface area contributed by atoms with Gasteiger partial charge in [0.05, 0.1) is 0 Å². The van der Waals surface area contributed by atoms with E-state index in [2.05, 4.69) is 61.6 Å². The van der Waals surface area contributed by atoms with Gasteiger partial charge in [0.15, 0.2) is 0 Å². The molecule has 0 radical (unpaired) electrons. The number of rotatable bonds is 2. The van der Waals surface area contributed by atoms with Crippen LogP contribution in [-0.2, 0) is 0 Å². The fourth-order valence-electron chi connectivity index (χ4n) is 1.82. The van der Waals surface area contributed by atoms with Crippen molar-refractivity contribution in [3.8, 4) is 0 Å². The molecule has 0 atom stereocenters. The van der Waals surface area contributed by atoms with Crippen LogP contribution >= 0.6 is 0 Å². The summed E-state index contributed by atoms with van der Waals surface area (Å²) in [6, 6.07) is 10.5. The first-order valence-electron chi connectivity index (χ1n) is 5.46. The van der Waals surface area contributed by atoms with Crippen molar-refractivity contribution in [3.63, 3.8) is 0 Å². The first-order chi connectivity index (χ1) is 7.36. The Morgan fingerprint density at radius 3 is 2.67 bits per heavy atom. The summed E-state index contributed by atoms with van der Waals surface area (Å²) in [6.45, 7) is 2.19. The lowest BCUT2D eigenvalue weighted by atomic mass is 9.97. The van der Waals surface area contributed by atoms with Crippen LogP contribution in [0.15, 0.2) is 59.7 Å². The molecule has 0 bridgehead atoms. The van der Waals surface area contributed by atoms with Crippen molar-refractivity contribution in [2.75, 3.05) is 0 Å². The summed E-state index contributed by atoms with van der Waals surface area (Å²) in [4.78, 5) is 0. The standard InChI is InChI=1S/C15H16/c1-13(15-10-6-3-7-11-15)12-14-8-4-2-5-9-14/h2-6,8-10,12H,7,11H2,1H3/b13-12-. The van der Waals surface area contributed by atoms with E-state index >= 15 is 0 Å². The van der Waals surface area contributed by atoms with Crippen LogP contribution in [0.2, 0.25) is 0 Å². The van der Waals surface area contributed by atoms with Gasteiger partial charge in [0.1, 0.15) is 0 Å². The highest BCUT2D eigenvalue weighted by molar-refractivity contribution is 5.58. The van der Waals surface area contributed by atoms with Crippen molar-refractivity contribution in [1.29, 1.82) is 0 Å². The number of allylic oxidation sites excluding steroid dienone is 5. The van der Waals surface area contributed by atoms with Gasteiger partial charge in [-0.15, -0.1) is 0 Å². The van der Waals surface area contributed by atoms with Gasteiger partial charge in [-0.05, 0) is 36.5 Å². The molecule has 76 valence electrons. The molecule has 2 rings (SSSR count). The fourth-order valence-corrected chi connectivity index (χ4v) is 1.82. The van der Waals surface area contributed by atoms with Crippen LogP contribution in [0, 0.1) is 0 Å². The van der Waals surface area contributed by atoms with Crippen LogP contribution < -0.4 is 0 Å². The van der Waals surface area contributed by atoms with Gasteiger partial charge in [0, 0.05) is 0 Å². The van der Waals surface area contributed by atoms with Crippen LogP contribution in [0.1, 0.15) is 25.3 Å². The third kappa shape index (κ3) is 2.69. The summed E-state index contributed by atoms with van der Waals surface area (Å²) in [7, 11) is 0. The summed E-state index contributed by atoms with van der Waals surface area (Å²) < 4.78 is 0. The Morgan fingerprint density at radius 2 is 2.00 bits per heavy atom. The third-order valence-corrected chi connectivity index (χ3v) is 2.70. The van der Waals surface area contributed by atoms with Crippen LogP contribution in [-0.4, -0.2) is 0 Å². The van der Waals surface area contributed by atoms with Gasteiger partial charge < -0.3 is 0 Å². The quantitative estimate of drug-likeness (QED) is 0.659. The summed E-state index contributed by atoms with van der Waals surface area (Å²) in [5, 5.41) is 0. The van der Waals surface area contributed by atoms with Crippen molar-refractivity contribution < 1.29 is 0 Å². The van der Waals surface area contributed by atoms with E-state index in [-0.39, 0.29) is 0 Å². The summed E-state index contributed by atoms with van der Waals surface area (Å²) >= 11 is 0. The average Bonchev–Trinajstić information content (AvgIpc) is 2.31. The lowest BCUT2D eigenvalue weighted by molar-refractivity contribution is 0.971. The molecular formula is C15H16. The predicted octanol–water partition coefficient (Wildman–Crippen LogP) is 4.37. The number of hydrogen-bond donors (Lipinski definition) is 0. The minimum Gasteiger partial charge on any atom is -0.0842 e. The molecule has 0 N–H and O–H groups in total. The first kappa shape index (κ1) is 9.97. The van der Waals surface area contributed by atoms with Crippen LogP contribution in [0.4, 0.5) is 0 Å². The van der Waals surface area contributed by atoms with Crippen LogP contribution in [0.25, 0.3) is 6.08 Å². The molecule has 0 fully saturated rings. The van der Waals surface area contributed by atoms with Crippen molar-refractivity contribution >= 4 is 6.08 Å². The number of hydrogen-bond acceptors (Lipinski definition) is 0. The van der Waals surface area contributed by atoms with Gasteiger partial charge in [-0.25, -0.2) is 0 Å². The maximum atomic E-state index is 2.25. The SMILES string of the molecule is C/C(=C/c1ccccc1)C1=CC=CCC1. The second kappa shape index (κ2) is 4.79. The Bertz CT molecular complexity index is 405. The molecule has 0 saturated carbocycles. The van der Waals surface area contributed by atoms with Crippen molar-refractivity contribution in [2.24, 2.45) is 0 Å². The fraction of sp³-hybridized carbons (Fsp3) is 0.200. The van der Waals surface area contributed by atoms with E-state index in [0.717, 1.165) is 0 Å². The predicted molar refractivity (Wildman–Crippen MR) is 66.6 cm³/mol. The van der Waals surface area contributed by atoms with E-state index in [1.54, 1.807) is 0 Å². The second-order valence-corrected chi connectivity index (χ2v) is 3.90. The summed E-state index contributed by atoms with van der Waals surface area (Å²) in [5.41, 5.74) is 4.12. The maximum absolute atomic E-state index is 2.25. The molecule has 1 aromatic carbocycles. The van der Waals surface area contributed by atoms with E-state index in [1.807, 2.05) is 0 Å². The largest absolute Gasteiger partial charge is 0.0842 e. The smallest absolute Gasteiger partial charge is 0.0241 e. The molecule has 0 amide bonds. The Labute approximate surface area is 91.6 Å². The van der Waals surface area contributed by atoms with E-state index < -0.39 is 0 Å².